The number of alkyl halides is 1. The number of carbonyl (C=O) groups is 1. The number of aliphatic carboxylic acids is 1. The molecule has 0 aliphatic carbocycles. The van der Waals surface area contributed by atoms with Crippen LogP contribution in [0.5, 0.6) is 0 Å². The molecule has 0 fully saturated rings. The van der Waals surface area contributed by atoms with Crippen molar-refractivity contribution in [2.24, 2.45) is 0 Å². The molecule has 0 unspecified atom stereocenters. The van der Waals surface area contributed by atoms with Gasteiger partial charge in [-0.15, -0.1) is 11.6 Å². The molecule has 2 nitrogen and oxygen atoms in total. The van der Waals surface area contributed by atoms with Gasteiger partial charge in [0.15, 0.2) is 0 Å². The van der Waals surface area contributed by atoms with Crippen LogP contribution >= 0.6 is 11.6 Å². The van der Waals surface area contributed by atoms with E-state index in [-0.39, 0.29) is 0 Å². The highest BCUT2D eigenvalue weighted by Crippen LogP contribution is 2.00. The highest BCUT2D eigenvalue weighted by Gasteiger charge is 1.81. The smallest absolute Gasteiger partial charge is 0.327 e. The summed E-state index contributed by atoms with van der Waals surface area (Å²) in [6.07, 6.45) is 0.833. The van der Waals surface area contributed by atoms with Crippen LogP contribution in [-0.2, 0) is 10.7 Å². The van der Waals surface area contributed by atoms with Crippen LogP contribution in [0.4, 0.5) is 0 Å². The van der Waals surface area contributed by atoms with E-state index in [1.807, 2.05) is 30.3 Å². The van der Waals surface area contributed by atoms with Gasteiger partial charge in [-0.2, -0.15) is 0 Å². The van der Waals surface area contributed by atoms with E-state index in [2.05, 4.69) is 6.58 Å². The van der Waals surface area contributed by atoms with Crippen LogP contribution in [0.15, 0.2) is 43.0 Å². The minimum atomic E-state index is -0.981. The first kappa shape index (κ1) is 11.7. The maximum absolute atomic E-state index is 9.25. The second kappa shape index (κ2) is 7.37. The van der Waals surface area contributed by atoms with Gasteiger partial charge >= 0.3 is 5.97 Å². The van der Waals surface area contributed by atoms with Crippen molar-refractivity contribution in [1.29, 1.82) is 0 Å². The van der Waals surface area contributed by atoms with Crippen molar-refractivity contribution < 1.29 is 9.90 Å². The van der Waals surface area contributed by atoms with Crippen LogP contribution in [0, 0.1) is 0 Å². The Morgan fingerprint density at radius 2 is 1.92 bits per heavy atom. The molecule has 0 saturated carbocycles. The van der Waals surface area contributed by atoms with Gasteiger partial charge in [0.1, 0.15) is 0 Å². The van der Waals surface area contributed by atoms with Gasteiger partial charge in [-0.1, -0.05) is 36.9 Å². The largest absolute Gasteiger partial charge is 0.478 e. The first-order valence-electron chi connectivity index (χ1n) is 3.66. The molecule has 1 aromatic carbocycles. The minimum Gasteiger partial charge on any atom is -0.478 e. The summed E-state index contributed by atoms with van der Waals surface area (Å²) < 4.78 is 0. The molecule has 0 aliphatic heterocycles. The van der Waals surface area contributed by atoms with E-state index in [1.54, 1.807) is 0 Å². The summed E-state index contributed by atoms with van der Waals surface area (Å²) in [6.45, 7) is 2.96. The van der Waals surface area contributed by atoms with Crippen molar-refractivity contribution in [3.05, 3.63) is 48.6 Å². The first-order chi connectivity index (χ1) is 6.20. The molecular weight excluding hydrogens is 188 g/mol. The van der Waals surface area contributed by atoms with Gasteiger partial charge in [0.25, 0.3) is 0 Å². The maximum Gasteiger partial charge on any atom is 0.327 e. The van der Waals surface area contributed by atoms with Crippen LogP contribution < -0.4 is 0 Å². The number of hydrogen-bond acceptors (Lipinski definition) is 1. The fraction of sp³-hybridized carbons (Fsp3) is 0.100. The van der Waals surface area contributed by atoms with E-state index in [0.717, 1.165) is 6.08 Å². The molecule has 0 saturated heterocycles. The number of benzene rings is 1. The summed E-state index contributed by atoms with van der Waals surface area (Å²) in [7, 11) is 0. The zero-order valence-electron chi connectivity index (χ0n) is 7.11. The van der Waals surface area contributed by atoms with Crippen molar-refractivity contribution in [1.82, 2.24) is 0 Å². The Kier molecular flexibility index (Phi) is 6.65. The van der Waals surface area contributed by atoms with Crippen molar-refractivity contribution >= 4 is 17.6 Å². The molecule has 0 spiro atoms. The normalized spacial score (nSPS) is 8.08. The van der Waals surface area contributed by atoms with Gasteiger partial charge in [0, 0.05) is 12.0 Å². The quantitative estimate of drug-likeness (QED) is 0.586. The Balaban J connectivity index is 0.000000252. The Bertz CT molecular complexity index is 257. The number of halogens is 1. The standard InChI is InChI=1S/C7H7Cl.C3H4O2/c8-6-7-4-2-1-3-5-7;1-2-3(4)5/h1-5H,6H2;2H,1H2,(H,4,5). The Morgan fingerprint density at radius 1 is 1.46 bits per heavy atom. The second-order valence-corrected chi connectivity index (χ2v) is 2.43. The summed E-state index contributed by atoms with van der Waals surface area (Å²) in [5, 5.41) is 7.60. The third kappa shape index (κ3) is 7.09. The molecule has 0 amide bonds. The lowest BCUT2D eigenvalue weighted by molar-refractivity contribution is -0.131. The van der Waals surface area contributed by atoms with Gasteiger partial charge in [-0.05, 0) is 5.56 Å². The van der Waals surface area contributed by atoms with Crippen molar-refractivity contribution in [3.8, 4) is 0 Å². The van der Waals surface area contributed by atoms with E-state index in [4.69, 9.17) is 16.7 Å². The lowest BCUT2D eigenvalue weighted by Crippen LogP contribution is -1.82. The van der Waals surface area contributed by atoms with E-state index in [1.165, 1.54) is 5.56 Å². The van der Waals surface area contributed by atoms with Crippen LogP contribution in [0.3, 0.4) is 0 Å². The molecule has 0 atom stereocenters. The molecule has 1 rings (SSSR count). The van der Waals surface area contributed by atoms with Crippen molar-refractivity contribution in [2.45, 2.75) is 5.88 Å². The molecule has 3 heteroatoms. The van der Waals surface area contributed by atoms with Crippen LogP contribution in [0.1, 0.15) is 5.56 Å². The molecule has 1 aromatic rings. The fourth-order valence-corrected chi connectivity index (χ4v) is 0.745. The lowest BCUT2D eigenvalue weighted by Gasteiger charge is -1.88. The molecule has 13 heavy (non-hydrogen) atoms. The van der Waals surface area contributed by atoms with Crippen LogP contribution in [0.25, 0.3) is 0 Å². The third-order valence-electron chi connectivity index (χ3n) is 1.17. The monoisotopic (exact) mass is 198 g/mol. The zero-order chi connectivity index (χ0) is 10.1. The second-order valence-electron chi connectivity index (χ2n) is 2.16. The summed E-state index contributed by atoms with van der Waals surface area (Å²) in [5.74, 6) is -0.370. The minimum absolute atomic E-state index is 0.612. The van der Waals surface area contributed by atoms with Gasteiger partial charge in [0.2, 0.25) is 0 Å². The lowest BCUT2D eigenvalue weighted by atomic mass is 10.2. The molecular formula is C10H11ClO2. The fourth-order valence-electron chi connectivity index (χ4n) is 0.567. The topological polar surface area (TPSA) is 37.3 Å². The average Bonchev–Trinajstić information content (AvgIpc) is 2.20. The molecule has 0 radical (unpaired) electrons. The summed E-state index contributed by atoms with van der Waals surface area (Å²) >= 11 is 5.53. The van der Waals surface area contributed by atoms with Gasteiger partial charge in [0.05, 0.1) is 0 Å². The molecule has 0 aromatic heterocycles. The van der Waals surface area contributed by atoms with Crippen LogP contribution in [-0.4, -0.2) is 11.1 Å². The zero-order valence-corrected chi connectivity index (χ0v) is 7.87. The predicted molar refractivity (Wildman–Crippen MR) is 53.8 cm³/mol. The molecule has 1 N–H and O–H groups in total. The summed E-state index contributed by atoms with van der Waals surface area (Å²) in [5.41, 5.74) is 1.18. The first-order valence-corrected chi connectivity index (χ1v) is 4.19. The van der Waals surface area contributed by atoms with E-state index in [0.29, 0.717) is 5.88 Å². The van der Waals surface area contributed by atoms with Crippen molar-refractivity contribution in [2.75, 3.05) is 0 Å². The highest BCUT2D eigenvalue weighted by molar-refractivity contribution is 6.17. The Hall–Kier alpha value is -1.28. The van der Waals surface area contributed by atoms with Gasteiger partial charge < -0.3 is 5.11 Å². The Morgan fingerprint density at radius 3 is 2.15 bits per heavy atom. The molecule has 0 bridgehead atoms. The number of carboxylic acids is 1. The number of rotatable bonds is 2. The summed E-state index contributed by atoms with van der Waals surface area (Å²) in [6, 6.07) is 9.96. The number of carboxylic acid groups (broad SMARTS) is 1. The Labute approximate surface area is 82.5 Å². The molecule has 70 valence electrons. The van der Waals surface area contributed by atoms with E-state index >= 15 is 0 Å². The predicted octanol–water partition coefficient (Wildman–Crippen LogP) is 2.68. The highest BCUT2D eigenvalue weighted by atomic mass is 35.5. The van der Waals surface area contributed by atoms with E-state index in [9.17, 15) is 4.79 Å². The molecule has 0 heterocycles. The number of hydrogen-bond donors (Lipinski definition) is 1. The van der Waals surface area contributed by atoms with E-state index < -0.39 is 5.97 Å². The third-order valence-corrected chi connectivity index (χ3v) is 1.48. The average molecular weight is 199 g/mol. The van der Waals surface area contributed by atoms with Gasteiger partial charge in [-0.25, -0.2) is 4.79 Å². The van der Waals surface area contributed by atoms with Crippen LogP contribution in [0.2, 0.25) is 0 Å². The molecule has 0 aliphatic rings. The SMILES string of the molecule is C=CC(=O)O.ClCc1ccccc1. The maximum atomic E-state index is 9.25. The summed E-state index contributed by atoms with van der Waals surface area (Å²) in [4.78, 5) is 9.25. The van der Waals surface area contributed by atoms with Gasteiger partial charge in [-0.3, -0.25) is 0 Å². The van der Waals surface area contributed by atoms with Crippen molar-refractivity contribution in [3.63, 3.8) is 0 Å².